The lowest BCUT2D eigenvalue weighted by Crippen LogP contribution is -2.47. The number of ether oxygens (including phenoxy) is 1. The number of pyridine rings is 1. The van der Waals surface area contributed by atoms with Crippen molar-refractivity contribution in [2.45, 2.75) is 38.4 Å². The zero-order valence-corrected chi connectivity index (χ0v) is 22.0. The number of piperidine rings is 1. The van der Waals surface area contributed by atoms with Crippen molar-refractivity contribution >= 4 is 34.6 Å². The minimum Gasteiger partial charge on any atom is -0.479 e. The van der Waals surface area contributed by atoms with Crippen molar-refractivity contribution in [3.05, 3.63) is 53.2 Å². The van der Waals surface area contributed by atoms with Crippen LogP contribution in [0.5, 0.6) is 5.75 Å². The summed E-state index contributed by atoms with van der Waals surface area (Å²) in [5.41, 5.74) is 1.21. The fourth-order valence-corrected chi connectivity index (χ4v) is 4.67. The number of nitrogens with one attached hydrogen (secondary N) is 2. The Labute approximate surface area is 228 Å². The van der Waals surface area contributed by atoms with Gasteiger partial charge in [-0.1, -0.05) is 25.1 Å². The second kappa shape index (κ2) is 11.9. The van der Waals surface area contributed by atoms with Crippen molar-refractivity contribution in [2.75, 3.05) is 31.6 Å². The summed E-state index contributed by atoms with van der Waals surface area (Å²) in [6, 6.07) is 9.72. The zero-order valence-electron chi connectivity index (χ0n) is 22.0. The number of aromatic nitrogens is 2. The van der Waals surface area contributed by atoms with Crippen LogP contribution in [0.25, 0.3) is 11.0 Å². The highest BCUT2D eigenvalue weighted by molar-refractivity contribution is 6.06. The first-order chi connectivity index (χ1) is 19.0. The van der Waals surface area contributed by atoms with E-state index in [1.807, 2.05) is 6.92 Å². The number of nitrogens with zero attached hydrogens (tertiary/aromatic N) is 3. The van der Waals surface area contributed by atoms with E-state index in [2.05, 4.69) is 15.6 Å². The summed E-state index contributed by atoms with van der Waals surface area (Å²) >= 11 is 0. The molecule has 3 amide bonds. The highest BCUT2D eigenvalue weighted by Gasteiger charge is 2.33. The lowest BCUT2D eigenvalue weighted by atomic mass is 10.0. The summed E-state index contributed by atoms with van der Waals surface area (Å²) in [5, 5.41) is 14.6. The van der Waals surface area contributed by atoms with E-state index in [0.717, 1.165) is 0 Å². The fourth-order valence-electron chi connectivity index (χ4n) is 4.67. The van der Waals surface area contributed by atoms with E-state index in [9.17, 15) is 27.6 Å². The Morgan fingerprint density at radius 3 is 2.40 bits per heavy atom. The van der Waals surface area contributed by atoms with Crippen LogP contribution in [0.1, 0.15) is 46.2 Å². The number of anilines is 1. The molecule has 0 bridgehead atoms. The first kappa shape index (κ1) is 28.9. The van der Waals surface area contributed by atoms with Crippen LogP contribution in [-0.2, 0) is 18.3 Å². The molecule has 1 aliphatic heterocycles. The first-order valence-electron chi connectivity index (χ1n) is 12.8. The molecule has 40 heavy (non-hydrogen) atoms. The smallest absolute Gasteiger partial charge is 0.422 e. The lowest BCUT2D eigenvalue weighted by Gasteiger charge is -2.32. The second-order valence-corrected chi connectivity index (χ2v) is 9.46. The molecule has 13 heteroatoms. The molecule has 3 heterocycles. The number of hydrogen-bond acceptors (Lipinski definition) is 6. The van der Waals surface area contributed by atoms with Crippen molar-refractivity contribution in [1.82, 2.24) is 19.8 Å². The molecule has 0 aliphatic carbocycles. The Kier molecular flexibility index (Phi) is 8.62. The Hall–Kier alpha value is -4.13. The third kappa shape index (κ3) is 6.36. The fraction of sp³-hybridized carbons (Fsp3) is 0.407. The quantitative estimate of drug-likeness (QED) is 0.388. The summed E-state index contributed by atoms with van der Waals surface area (Å²) in [5.74, 6) is -1.70. The van der Waals surface area contributed by atoms with Crippen LogP contribution in [0.4, 0.5) is 19.0 Å². The highest BCUT2D eigenvalue weighted by Crippen LogP contribution is 2.35. The van der Waals surface area contributed by atoms with Crippen molar-refractivity contribution < 1.29 is 37.4 Å². The van der Waals surface area contributed by atoms with E-state index in [4.69, 9.17) is 9.84 Å². The number of carbonyl (C=O) groups excluding carboxylic acids is 3. The third-order valence-corrected chi connectivity index (χ3v) is 6.77. The second-order valence-electron chi connectivity index (χ2n) is 9.46. The van der Waals surface area contributed by atoms with Gasteiger partial charge in [-0.25, -0.2) is 4.98 Å². The summed E-state index contributed by atoms with van der Waals surface area (Å²) in [6.45, 7) is 0.239. The van der Waals surface area contributed by atoms with Gasteiger partial charge in [-0.15, -0.1) is 0 Å². The van der Waals surface area contributed by atoms with E-state index in [0.29, 0.717) is 49.0 Å². The summed E-state index contributed by atoms with van der Waals surface area (Å²) in [4.78, 5) is 43.9. The molecule has 1 saturated heterocycles. The van der Waals surface area contributed by atoms with Gasteiger partial charge in [0.25, 0.3) is 11.8 Å². The van der Waals surface area contributed by atoms with Gasteiger partial charge in [-0.05, 0) is 43.0 Å². The van der Waals surface area contributed by atoms with Crippen molar-refractivity contribution in [3.8, 4) is 5.75 Å². The van der Waals surface area contributed by atoms with Crippen LogP contribution in [0, 0.1) is 0 Å². The van der Waals surface area contributed by atoms with Crippen molar-refractivity contribution in [1.29, 1.82) is 0 Å². The molecule has 0 spiro atoms. The lowest BCUT2D eigenvalue weighted by molar-refractivity contribution is -0.153. The largest absolute Gasteiger partial charge is 0.479 e. The van der Waals surface area contributed by atoms with Gasteiger partial charge in [0.1, 0.15) is 17.9 Å². The zero-order chi connectivity index (χ0) is 29.0. The minimum atomic E-state index is -4.67. The molecule has 0 radical (unpaired) electrons. The number of amides is 3. The Morgan fingerprint density at radius 1 is 1.12 bits per heavy atom. The minimum absolute atomic E-state index is 0.000762. The predicted octanol–water partition coefficient (Wildman–Crippen LogP) is 3.04. The molecule has 2 aromatic heterocycles. The molecule has 0 atom stereocenters. The molecule has 3 aromatic rings. The number of halogens is 3. The SMILES string of the molecule is CCc1cc2c(nc1NC(=O)c1ccccc1)c(OCC(F)(F)F)c(C(=O)NC1CCN(C(=O)CO)CC1)n2C. The van der Waals surface area contributed by atoms with E-state index >= 15 is 0 Å². The van der Waals surface area contributed by atoms with E-state index in [1.54, 1.807) is 36.4 Å². The maximum atomic E-state index is 13.4. The molecule has 10 nitrogen and oxygen atoms in total. The van der Waals surface area contributed by atoms with Crippen LogP contribution in [-0.4, -0.2) is 75.8 Å². The van der Waals surface area contributed by atoms with Gasteiger partial charge in [0.15, 0.2) is 18.1 Å². The molecule has 0 unspecified atom stereocenters. The third-order valence-electron chi connectivity index (χ3n) is 6.77. The topological polar surface area (TPSA) is 126 Å². The van der Waals surface area contributed by atoms with Crippen LogP contribution < -0.4 is 15.4 Å². The Balaban J connectivity index is 1.69. The number of aryl methyl sites for hydroxylation is 2. The maximum Gasteiger partial charge on any atom is 0.422 e. The monoisotopic (exact) mass is 561 g/mol. The van der Waals surface area contributed by atoms with Gasteiger partial charge in [0, 0.05) is 31.7 Å². The highest BCUT2D eigenvalue weighted by atomic mass is 19.4. The predicted molar refractivity (Wildman–Crippen MR) is 140 cm³/mol. The van der Waals surface area contributed by atoms with Gasteiger partial charge in [-0.2, -0.15) is 13.2 Å². The number of likely N-dealkylation sites (tertiary alicyclic amines) is 1. The molecule has 4 rings (SSSR count). The molecular weight excluding hydrogens is 531 g/mol. The van der Waals surface area contributed by atoms with Crippen LogP contribution >= 0.6 is 0 Å². The van der Waals surface area contributed by atoms with Crippen LogP contribution in [0.3, 0.4) is 0 Å². The van der Waals surface area contributed by atoms with Gasteiger partial charge in [0.05, 0.1) is 5.52 Å². The Morgan fingerprint density at radius 2 is 1.80 bits per heavy atom. The maximum absolute atomic E-state index is 13.4. The van der Waals surface area contributed by atoms with Gasteiger partial charge >= 0.3 is 6.18 Å². The standard InChI is InChI=1S/C27H30F3N5O5/c1-3-16-13-19-21(32-24(16)33-25(38)17-7-5-4-6-8-17)23(40-15-27(28,29)30)22(34(19)2)26(39)31-18-9-11-35(12-10-18)20(37)14-36/h4-8,13,18,36H,3,9-12,14-15H2,1-2H3,(H,31,39)(H,32,33,38). The number of aliphatic hydroxyl groups excluding tert-OH is 1. The summed E-state index contributed by atoms with van der Waals surface area (Å²) in [6.07, 6.45) is -3.40. The van der Waals surface area contributed by atoms with E-state index in [-0.39, 0.29) is 28.8 Å². The van der Waals surface area contributed by atoms with E-state index in [1.165, 1.54) is 16.5 Å². The number of fused-ring (bicyclic) bond motifs is 1. The molecule has 0 saturated carbocycles. The molecule has 1 aliphatic rings. The molecule has 3 N–H and O–H groups in total. The normalized spacial score (nSPS) is 14.3. The van der Waals surface area contributed by atoms with Crippen molar-refractivity contribution in [2.24, 2.45) is 7.05 Å². The average molecular weight is 562 g/mol. The van der Waals surface area contributed by atoms with Gasteiger partial charge in [0.2, 0.25) is 5.91 Å². The van der Waals surface area contributed by atoms with Crippen molar-refractivity contribution in [3.63, 3.8) is 0 Å². The van der Waals surface area contributed by atoms with Gasteiger partial charge < -0.3 is 29.9 Å². The Bertz CT molecular complexity index is 1400. The van der Waals surface area contributed by atoms with Crippen LogP contribution in [0.15, 0.2) is 36.4 Å². The van der Waals surface area contributed by atoms with Gasteiger partial charge in [-0.3, -0.25) is 14.4 Å². The average Bonchev–Trinajstić information content (AvgIpc) is 3.21. The van der Waals surface area contributed by atoms with Crippen LogP contribution in [0.2, 0.25) is 0 Å². The number of hydrogen-bond donors (Lipinski definition) is 3. The number of rotatable bonds is 8. The van der Waals surface area contributed by atoms with E-state index < -0.39 is 37.1 Å². The number of alkyl halides is 3. The number of carbonyl (C=O) groups is 3. The number of benzene rings is 1. The summed E-state index contributed by atoms with van der Waals surface area (Å²) < 4.78 is 46.1. The first-order valence-corrected chi connectivity index (χ1v) is 12.8. The molecule has 1 fully saturated rings. The molecular formula is C27H30F3N5O5. The summed E-state index contributed by atoms with van der Waals surface area (Å²) in [7, 11) is 1.53. The molecule has 1 aromatic carbocycles. The molecule has 214 valence electrons. The number of aliphatic hydroxyl groups is 1.